The van der Waals surface area contributed by atoms with Crippen molar-refractivity contribution >= 4 is 40.0 Å². The van der Waals surface area contributed by atoms with Crippen molar-refractivity contribution < 1.29 is 26.3 Å². The van der Waals surface area contributed by atoms with E-state index in [-0.39, 0.29) is 47.7 Å². The minimum atomic E-state index is -4.43. The molecule has 2 aromatic rings. The van der Waals surface area contributed by atoms with Crippen LogP contribution in [-0.2, 0) is 23.1 Å². The second-order valence-electron chi connectivity index (χ2n) is 6.49. The van der Waals surface area contributed by atoms with Gasteiger partial charge in [-0.1, -0.05) is 24.3 Å². The van der Waals surface area contributed by atoms with Crippen LogP contribution in [0.4, 0.5) is 13.2 Å². The van der Waals surface area contributed by atoms with Crippen LogP contribution in [0.1, 0.15) is 16.7 Å². The first kappa shape index (κ1) is 27.0. The lowest BCUT2D eigenvalue weighted by molar-refractivity contribution is -0.153. The van der Waals surface area contributed by atoms with Gasteiger partial charge in [0.2, 0.25) is 10.0 Å². The number of hydrogen-bond donors (Lipinski definition) is 3. The minimum absolute atomic E-state index is 0. The van der Waals surface area contributed by atoms with Gasteiger partial charge in [0.05, 0.1) is 4.90 Å². The number of nitrogens with two attached hydrogens (primary N) is 1. The third-order valence-corrected chi connectivity index (χ3v) is 4.88. The smallest absolute Gasteiger partial charge is 0.422 e. The number of nitrogens with zero attached hydrogens (tertiary/aromatic N) is 1. The zero-order chi connectivity index (χ0) is 22.4. The molecule has 0 atom stereocenters. The molecule has 0 heterocycles. The van der Waals surface area contributed by atoms with Gasteiger partial charge in [0.15, 0.2) is 12.6 Å². The number of nitrogens with one attached hydrogen (secondary N) is 2. The largest absolute Gasteiger partial charge is 0.484 e. The minimum Gasteiger partial charge on any atom is -0.484 e. The number of rotatable bonds is 7. The third kappa shape index (κ3) is 9.31. The average molecular weight is 572 g/mol. The fourth-order valence-corrected chi connectivity index (χ4v) is 3.10. The molecule has 7 nitrogen and oxygen atoms in total. The van der Waals surface area contributed by atoms with E-state index < -0.39 is 22.8 Å². The van der Waals surface area contributed by atoms with E-state index >= 15 is 0 Å². The van der Waals surface area contributed by atoms with E-state index in [1.807, 2.05) is 0 Å². The summed E-state index contributed by atoms with van der Waals surface area (Å²) in [5, 5.41) is 11.1. The summed E-state index contributed by atoms with van der Waals surface area (Å²) in [6.45, 7) is 0.809. The monoisotopic (exact) mass is 572 g/mol. The van der Waals surface area contributed by atoms with E-state index in [4.69, 9.17) is 9.88 Å². The molecule has 2 aromatic carbocycles. The highest BCUT2D eigenvalue weighted by molar-refractivity contribution is 14.0. The highest BCUT2D eigenvalue weighted by Gasteiger charge is 2.28. The Hall–Kier alpha value is -2.06. The van der Waals surface area contributed by atoms with Gasteiger partial charge < -0.3 is 15.4 Å². The van der Waals surface area contributed by atoms with Gasteiger partial charge in [-0.25, -0.2) is 13.6 Å². The van der Waals surface area contributed by atoms with E-state index in [1.54, 1.807) is 31.2 Å². The molecule has 2 rings (SSSR count). The molecule has 0 aliphatic carbocycles. The van der Waals surface area contributed by atoms with Crippen LogP contribution in [0.2, 0.25) is 0 Å². The van der Waals surface area contributed by atoms with Crippen LogP contribution in [0.5, 0.6) is 5.75 Å². The number of halogens is 4. The van der Waals surface area contributed by atoms with Crippen LogP contribution < -0.4 is 20.5 Å². The topological polar surface area (TPSA) is 106 Å². The van der Waals surface area contributed by atoms with Gasteiger partial charge in [-0.15, -0.1) is 24.0 Å². The first-order valence-corrected chi connectivity index (χ1v) is 10.4. The first-order chi connectivity index (χ1) is 14.0. The van der Waals surface area contributed by atoms with Crippen molar-refractivity contribution in [3.05, 3.63) is 59.2 Å². The first-order valence-electron chi connectivity index (χ1n) is 8.83. The zero-order valence-corrected chi connectivity index (χ0v) is 20.0. The number of benzene rings is 2. The number of ether oxygens (including phenoxy) is 1. The summed E-state index contributed by atoms with van der Waals surface area (Å²) in [6, 6.07) is 11.1. The number of aliphatic imine (C=N–C) groups is 1. The molecule has 31 heavy (non-hydrogen) atoms. The van der Waals surface area contributed by atoms with Crippen molar-refractivity contribution in [3.8, 4) is 5.75 Å². The van der Waals surface area contributed by atoms with E-state index in [1.165, 1.54) is 25.2 Å². The van der Waals surface area contributed by atoms with Crippen molar-refractivity contribution in [2.45, 2.75) is 31.1 Å². The van der Waals surface area contributed by atoms with E-state index in [2.05, 4.69) is 15.6 Å². The number of primary sulfonamides is 1. The molecule has 0 fully saturated rings. The average Bonchev–Trinajstić information content (AvgIpc) is 2.66. The van der Waals surface area contributed by atoms with Crippen molar-refractivity contribution in [2.75, 3.05) is 13.7 Å². The van der Waals surface area contributed by atoms with E-state index in [0.717, 1.165) is 5.56 Å². The molecule has 0 spiro atoms. The molecule has 0 amide bonds. The number of sulfonamides is 1. The molecule has 12 heteroatoms. The normalized spacial score (nSPS) is 12.1. The molecule has 0 radical (unpaired) electrons. The number of aryl methyl sites for hydroxylation is 1. The molecule has 0 aliphatic rings. The quantitative estimate of drug-likeness (QED) is 0.269. The van der Waals surface area contributed by atoms with Crippen LogP contribution in [-0.4, -0.2) is 34.2 Å². The van der Waals surface area contributed by atoms with Gasteiger partial charge >= 0.3 is 6.18 Å². The fraction of sp³-hybridized carbons (Fsp3) is 0.316. The standard InChI is InChI=1S/C19H23F3N4O3S.HI/c1-13-6-7-15(17(8-13)29-12-19(20,21)22)11-26-18(24-2)25-10-14-4-3-5-16(9-14)30(23,27)28;/h3-9H,10-12H2,1-2H3,(H2,23,27,28)(H2,24,25,26);1H. The molecule has 4 N–H and O–H groups in total. The summed E-state index contributed by atoms with van der Waals surface area (Å²) < 4.78 is 65.3. The molecular formula is C19H24F3IN4O3S. The summed E-state index contributed by atoms with van der Waals surface area (Å²) >= 11 is 0. The van der Waals surface area contributed by atoms with Crippen molar-refractivity contribution in [2.24, 2.45) is 10.1 Å². The van der Waals surface area contributed by atoms with Crippen LogP contribution in [0.15, 0.2) is 52.4 Å². The Kier molecular flexibility index (Phi) is 10.0. The lowest BCUT2D eigenvalue weighted by atomic mass is 10.1. The Morgan fingerprint density at radius 1 is 1.13 bits per heavy atom. The summed E-state index contributed by atoms with van der Waals surface area (Å²) in [6.07, 6.45) is -4.43. The van der Waals surface area contributed by atoms with Crippen LogP contribution in [0, 0.1) is 6.92 Å². The van der Waals surface area contributed by atoms with Crippen molar-refractivity contribution in [3.63, 3.8) is 0 Å². The highest BCUT2D eigenvalue weighted by Crippen LogP contribution is 2.23. The highest BCUT2D eigenvalue weighted by atomic mass is 127. The van der Waals surface area contributed by atoms with Crippen molar-refractivity contribution in [1.82, 2.24) is 10.6 Å². The fourth-order valence-electron chi connectivity index (χ4n) is 2.52. The Morgan fingerprint density at radius 3 is 2.42 bits per heavy atom. The maximum atomic E-state index is 12.5. The zero-order valence-electron chi connectivity index (χ0n) is 16.9. The van der Waals surface area contributed by atoms with E-state index in [9.17, 15) is 21.6 Å². The van der Waals surface area contributed by atoms with E-state index in [0.29, 0.717) is 17.1 Å². The van der Waals surface area contributed by atoms with Gasteiger partial charge in [-0.2, -0.15) is 13.2 Å². The number of guanidine groups is 1. The van der Waals surface area contributed by atoms with Crippen LogP contribution in [0.3, 0.4) is 0 Å². The predicted molar refractivity (Wildman–Crippen MR) is 123 cm³/mol. The Labute approximate surface area is 196 Å². The predicted octanol–water partition coefficient (Wildman–Crippen LogP) is 3.07. The Bertz CT molecular complexity index is 1010. The molecule has 0 aliphatic heterocycles. The van der Waals surface area contributed by atoms with Gasteiger partial charge in [-0.3, -0.25) is 4.99 Å². The Balaban J connectivity index is 0.00000480. The molecule has 0 bridgehead atoms. The summed E-state index contributed by atoms with van der Waals surface area (Å²) in [5.74, 6) is 0.509. The lowest BCUT2D eigenvalue weighted by Gasteiger charge is -2.16. The molecule has 0 unspecified atom stereocenters. The molecule has 0 saturated heterocycles. The summed E-state index contributed by atoms with van der Waals surface area (Å²) in [7, 11) is -2.27. The summed E-state index contributed by atoms with van der Waals surface area (Å²) in [4.78, 5) is 4.05. The molecule has 0 aromatic heterocycles. The second kappa shape index (κ2) is 11.5. The van der Waals surface area contributed by atoms with Crippen molar-refractivity contribution in [1.29, 1.82) is 0 Å². The van der Waals surface area contributed by atoms with Gasteiger partial charge in [0.1, 0.15) is 5.75 Å². The SMILES string of the molecule is CN=C(NCc1cccc(S(N)(=O)=O)c1)NCc1ccc(C)cc1OCC(F)(F)F.I. The number of hydrogen-bond acceptors (Lipinski definition) is 4. The maximum absolute atomic E-state index is 12.5. The van der Waals surface area contributed by atoms with Gasteiger partial charge in [-0.05, 0) is 36.2 Å². The molecule has 172 valence electrons. The second-order valence-corrected chi connectivity index (χ2v) is 8.05. The van der Waals surface area contributed by atoms with Crippen LogP contribution >= 0.6 is 24.0 Å². The Morgan fingerprint density at radius 2 is 1.81 bits per heavy atom. The van der Waals surface area contributed by atoms with Gasteiger partial charge in [0.25, 0.3) is 0 Å². The van der Waals surface area contributed by atoms with Gasteiger partial charge in [0, 0.05) is 25.7 Å². The lowest BCUT2D eigenvalue weighted by Crippen LogP contribution is -2.36. The molecule has 0 saturated carbocycles. The maximum Gasteiger partial charge on any atom is 0.422 e. The molecular weight excluding hydrogens is 548 g/mol. The summed E-state index contributed by atoms with van der Waals surface area (Å²) in [5.41, 5.74) is 1.96. The van der Waals surface area contributed by atoms with Crippen LogP contribution in [0.25, 0.3) is 0 Å². The number of alkyl halides is 3. The third-order valence-electron chi connectivity index (χ3n) is 3.97.